The van der Waals surface area contributed by atoms with Crippen LogP contribution in [0.25, 0.3) is 10.9 Å². The number of nitrogens with one attached hydrogen (secondary N) is 4. The van der Waals surface area contributed by atoms with Crippen molar-refractivity contribution in [2.45, 2.75) is 32.7 Å². The van der Waals surface area contributed by atoms with Crippen LogP contribution in [-0.2, 0) is 16.4 Å². The number of rotatable bonds is 8. The maximum absolute atomic E-state index is 13.3. The number of hydrogen-bond donors (Lipinski definition) is 4. The predicted molar refractivity (Wildman–Crippen MR) is 123 cm³/mol. The molecule has 7 nitrogen and oxygen atoms in total. The van der Waals surface area contributed by atoms with Crippen LogP contribution in [0.15, 0.2) is 29.4 Å². The zero-order valence-electron chi connectivity index (χ0n) is 16.6. The maximum Gasteiger partial charge on any atom is 0.209 e. The van der Waals surface area contributed by atoms with Gasteiger partial charge in [0.1, 0.15) is 5.82 Å². The number of H-pyrrole nitrogens is 1. The van der Waals surface area contributed by atoms with Crippen LogP contribution in [0.5, 0.6) is 0 Å². The molecule has 2 rings (SSSR count). The molecule has 0 amide bonds. The van der Waals surface area contributed by atoms with Gasteiger partial charge in [0, 0.05) is 35.7 Å². The number of nitrogens with zero attached hydrogens (tertiary/aromatic N) is 1. The van der Waals surface area contributed by atoms with Crippen molar-refractivity contribution in [3.05, 3.63) is 35.8 Å². The van der Waals surface area contributed by atoms with E-state index in [9.17, 15) is 12.8 Å². The summed E-state index contributed by atoms with van der Waals surface area (Å²) in [6.07, 6.45) is 3.75. The molecular formula is C18H29FIN5O2S. The minimum atomic E-state index is -3.30. The van der Waals surface area contributed by atoms with E-state index in [0.29, 0.717) is 25.6 Å². The second kappa shape index (κ2) is 10.4. The molecule has 10 heteroatoms. The molecule has 158 valence electrons. The van der Waals surface area contributed by atoms with Gasteiger partial charge in [-0.1, -0.05) is 0 Å². The fourth-order valence-electron chi connectivity index (χ4n) is 2.83. The summed E-state index contributed by atoms with van der Waals surface area (Å²) in [4.78, 5) is 7.55. The zero-order chi connectivity index (χ0) is 20.1. The molecule has 28 heavy (non-hydrogen) atoms. The molecular weight excluding hydrogens is 496 g/mol. The zero-order valence-corrected chi connectivity index (χ0v) is 19.7. The highest BCUT2D eigenvalue weighted by molar-refractivity contribution is 14.0. The molecule has 0 saturated heterocycles. The third kappa shape index (κ3) is 7.92. The number of aromatic nitrogens is 1. The fraction of sp³-hybridized carbons (Fsp3) is 0.500. The van der Waals surface area contributed by atoms with Gasteiger partial charge in [0.05, 0.1) is 12.8 Å². The predicted octanol–water partition coefficient (Wildman–Crippen LogP) is 2.35. The molecule has 1 aromatic carbocycles. The third-order valence-electron chi connectivity index (χ3n) is 3.85. The number of aliphatic imine (C=N–C) groups is 1. The Morgan fingerprint density at radius 1 is 1.29 bits per heavy atom. The second-order valence-electron chi connectivity index (χ2n) is 7.13. The molecule has 0 unspecified atom stereocenters. The number of hydrogen-bond acceptors (Lipinski definition) is 3. The molecule has 0 fully saturated rings. The number of aromatic amines is 1. The van der Waals surface area contributed by atoms with Gasteiger partial charge in [-0.2, -0.15) is 0 Å². The van der Waals surface area contributed by atoms with Gasteiger partial charge in [0.25, 0.3) is 0 Å². The molecule has 0 spiro atoms. The van der Waals surface area contributed by atoms with Crippen LogP contribution in [0.2, 0.25) is 0 Å². The molecule has 1 aromatic heterocycles. The lowest BCUT2D eigenvalue weighted by molar-refractivity contribution is 0.464. The van der Waals surface area contributed by atoms with Crippen LogP contribution < -0.4 is 15.4 Å². The van der Waals surface area contributed by atoms with Gasteiger partial charge in [-0.15, -0.1) is 24.0 Å². The largest absolute Gasteiger partial charge is 0.361 e. The SMILES string of the molecule is CCNC(=NCC(C)(C)NS(C)(=O)=O)NCCc1c[nH]c2cc(F)ccc12.I. The second-order valence-corrected chi connectivity index (χ2v) is 8.88. The quantitative estimate of drug-likeness (QED) is 0.242. The van der Waals surface area contributed by atoms with E-state index in [1.165, 1.54) is 12.1 Å². The lowest BCUT2D eigenvalue weighted by Gasteiger charge is -2.23. The smallest absolute Gasteiger partial charge is 0.209 e. The average Bonchev–Trinajstić information content (AvgIpc) is 2.92. The van der Waals surface area contributed by atoms with E-state index in [-0.39, 0.29) is 29.8 Å². The standard InChI is InChI=1S/C18H28FN5O2S.HI/c1-5-20-17(23-12-18(2,3)24-27(4,25)26)21-9-8-13-11-22-16-10-14(19)6-7-15(13)16;/h6-7,10-11,22,24H,5,8-9,12H2,1-4H3,(H2,20,21,23);1H. The topological polar surface area (TPSA) is 98.4 Å². The fourth-order valence-corrected chi connectivity index (χ4v) is 3.90. The Balaban J connectivity index is 0.00000392. The average molecular weight is 525 g/mol. The van der Waals surface area contributed by atoms with Crippen molar-refractivity contribution in [2.24, 2.45) is 4.99 Å². The molecule has 4 N–H and O–H groups in total. The van der Waals surface area contributed by atoms with Crippen molar-refractivity contribution in [2.75, 3.05) is 25.9 Å². The van der Waals surface area contributed by atoms with E-state index < -0.39 is 15.6 Å². The van der Waals surface area contributed by atoms with Gasteiger partial charge in [-0.3, -0.25) is 4.99 Å². The molecule has 0 saturated carbocycles. The number of guanidine groups is 1. The van der Waals surface area contributed by atoms with E-state index >= 15 is 0 Å². The highest BCUT2D eigenvalue weighted by Crippen LogP contribution is 2.19. The Hall–Kier alpha value is -1.40. The van der Waals surface area contributed by atoms with E-state index in [0.717, 1.165) is 29.1 Å². The Morgan fingerprint density at radius 2 is 2.00 bits per heavy atom. The van der Waals surface area contributed by atoms with Crippen LogP contribution in [0, 0.1) is 5.82 Å². The van der Waals surface area contributed by atoms with Crippen LogP contribution >= 0.6 is 24.0 Å². The minimum Gasteiger partial charge on any atom is -0.361 e. The van der Waals surface area contributed by atoms with Gasteiger partial charge in [0.15, 0.2) is 5.96 Å². The van der Waals surface area contributed by atoms with E-state index in [1.54, 1.807) is 19.9 Å². The molecule has 0 bridgehead atoms. The summed E-state index contributed by atoms with van der Waals surface area (Å²) in [5.74, 6) is 0.354. The lowest BCUT2D eigenvalue weighted by atomic mass is 10.1. The maximum atomic E-state index is 13.3. The van der Waals surface area contributed by atoms with Gasteiger partial charge in [-0.05, 0) is 51.0 Å². The first-order chi connectivity index (χ1) is 12.6. The summed E-state index contributed by atoms with van der Waals surface area (Å²) in [6, 6.07) is 4.71. The van der Waals surface area contributed by atoms with Gasteiger partial charge < -0.3 is 15.6 Å². The molecule has 0 aliphatic heterocycles. The van der Waals surface area contributed by atoms with Crippen molar-refractivity contribution >= 4 is 50.9 Å². The number of fused-ring (bicyclic) bond motifs is 1. The highest BCUT2D eigenvalue weighted by Gasteiger charge is 2.21. The first kappa shape index (κ1) is 24.6. The molecule has 0 atom stereocenters. The summed E-state index contributed by atoms with van der Waals surface area (Å²) in [5.41, 5.74) is 1.18. The summed E-state index contributed by atoms with van der Waals surface area (Å²) in [5, 5.41) is 7.39. The van der Waals surface area contributed by atoms with E-state index in [2.05, 4.69) is 25.3 Å². The Bertz CT molecular complexity index is 912. The Kier molecular flexibility index (Phi) is 9.15. The van der Waals surface area contributed by atoms with Crippen LogP contribution in [-0.4, -0.2) is 50.8 Å². The van der Waals surface area contributed by atoms with Crippen LogP contribution in [0.3, 0.4) is 0 Å². The first-order valence-corrected chi connectivity index (χ1v) is 10.8. The van der Waals surface area contributed by atoms with Crippen molar-refractivity contribution in [1.82, 2.24) is 20.3 Å². The molecule has 2 aromatic rings. The molecule has 1 heterocycles. The monoisotopic (exact) mass is 525 g/mol. The van der Waals surface area contributed by atoms with Gasteiger partial charge in [-0.25, -0.2) is 17.5 Å². The summed E-state index contributed by atoms with van der Waals surface area (Å²) < 4.78 is 38.7. The number of halogens is 2. The number of benzene rings is 1. The number of sulfonamides is 1. The summed E-state index contributed by atoms with van der Waals surface area (Å²) >= 11 is 0. The molecule has 0 aliphatic rings. The van der Waals surface area contributed by atoms with Crippen molar-refractivity contribution in [3.63, 3.8) is 0 Å². The van der Waals surface area contributed by atoms with Crippen molar-refractivity contribution < 1.29 is 12.8 Å². The Labute approximate surface area is 183 Å². The van der Waals surface area contributed by atoms with Crippen molar-refractivity contribution in [3.8, 4) is 0 Å². The first-order valence-electron chi connectivity index (χ1n) is 8.86. The van der Waals surface area contributed by atoms with Crippen molar-refractivity contribution in [1.29, 1.82) is 0 Å². The lowest BCUT2D eigenvalue weighted by Crippen LogP contribution is -2.47. The minimum absolute atomic E-state index is 0. The summed E-state index contributed by atoms with van der Waals surface area (Å²) in [6.45, 7) is 7.15. The van der Waals surface area contributed by atoms with E-state index in [1.807, 2.05) is 13.1 Å². The normalized spacial score (nSPS) is 12.7. The van der Waals surface area contributed by atoms with Crippen LogP contribution in [0.1, 0.15) is 26.3 Å². The molecule has 0 aliphatic carbocycles. The summed E-state index contributed by atoms with van der Waals surface area (Å²) in [7, 11) is -3.30. The third-order valence-corrected chi connectivity index (χ3v) is 4.78. The van der Waals surface area contributed by atoms with Gasteiger partial charge >= 0.3 is 0 Å². The van der Waals surface area contributed by atoms with Crippen LogP contribution in [0.4, 0.5) is 4.39 Å². The highest BCUT2D eigenvalue weighted by atomic mass is 127. The molecule has 0 radical (unpaired) electrons. The van der Waals surface area contributed by atoms with Gasteiger partial charge in [0.2, 0.25) is 10.0 Å². The Morgan fingerprint density at radius 3 is 2.64 bits per heavy atom. The van der Waals surface area contributed by atoms with E-state index in [4.69, 9.17) is 0 Å².